The SMILES string of the molecule is CCCCCCCCCCCCCC(=O)OC(=O)CC[C@H](N)C(=O)OO. The first-order chi connectivity index (χ1) is 12.5. The van der Waals surface area contributed by atoms with E-state index in [1.807, 2.05) is 0 Å². The molecule has 3 N–H and O–H groups in total. The molecule has 0 saturated carbocycles. The van der Waals surface area contributed by atoms with Gasteiger partial charge in [-0.15, -0.1) is 0 Å². The van der Waals surface area contributed by atoms with Gasteiger partial charge in [0.15, 0.2) is 0 Å². The van der Waals surface area contributed by atoms with Crippen LogP contribution in [0, 0.1) is 0 Å². The van der Waals surface area contributed by atoms with Crippen LogP contribution >= 0.6 is 0 Å². The van der Waals surface area contributed by atoms with E-state index in [4.69, 9.17) is 11.0 Å². The molecule has 0 aliphatic heterocycles. The van der Waals surface area contributed by atoms with Crippen molar-refractivity contribution >= 4 is 17.9 Å². The van der Waals surface area contributed by atoms with Gasteiger partial charge in [-0.1, -0.05) is 71.1 Å². The quantitative estimate of drug-likeness (QED) is 0.139. The topological polar surface area (TPSA) is 116 Å². The summed E-state index contributed by atoms with van der Waals surface area (Å²) in [5.74, 6) is -2.30. The van der Waals surface area contributed by atoms with Crippen molar-refractivity contribution in [1.82, 2.24) is 0 Å². The number of hydrogen-bond donors (Lipinski definition) is 2. The minimum absolute atomic E-state index is 0.0516. The monoisotopic (exact) mass is 373 g/mol. The number of rotatable bonds is 16. The molecule has 0 saturated heterocycles. The van der Waals surface area contributed by atoms with Crippen molar-refractivity contribution in [3.8, 4) is 0 Å². The Kier molecular flexibility index (Phi) is 16.0. The number of unbranched alkanes of at least 4 members (excludes halogenated alkanes) is 10. The van der Waals surface area contributed by atoms with Gasteiger partial charge in [0, 0.05) is 12.8 Å². The average Bonchev–Trinajstić information content (AvgIpc) is 2.63. The lowest BCUT2D eigenvalue weighted by molar-refractivity contribution is -0.235. The number of nitrogens with two attached hydrogens (primary N) is 1. The second-order valence-corrected chi connectivity index (χ2v) is 6.69. The van der Waals surface area contributed by atoms with Gasteiger partial charge in [-0.05, 0) is 12.8 Å². The third-order valence-electron chi connectivity index (χ3n) is 4.26. The molecule has 0 aromatic rings. The minimum atomic E-state index is -1.12. The molecule has 0 amide bonds. The second-order valence-electron chi connectivity index (χ2n) is 6.69. The van der Waals surface area contributed by atoms with Crippen molar-refractivity contribution in [2.45, 2.75) is 103 Å². The summed E-state index contributed by atoms with van der Waals surface area (Å²) in [5, 5.41) is 8.15. The first-order valence-corrected chi connectivity index (χ1v) is 9.85. The molecular formula is C19H35NO6. The Morgan fingerprint density at radius 1 is 0.808 bits per heavy atom. The standard InChI is InChI=1S/C19H35NO6/c1-2-3-4-5-6-7-8-9-10-11-12-13-17(21)25-18(22)15-14-16(20)19(23)26-24/h16,24H,2-15,20H2,1H3/t16-/m0/s1. The Morgan fingerprint density at radius 3 is 1.77 bits per heavy atom. The summed E-state index contributed by atoms with van der Waals surface area (Å²) in [6.07, 6.45) is 13.0. The van der Waals surface area contributed by atoms with Crippen molar-refractivity contribution in [3.05, 3.63) is 0 Å². The predicted octanol–water partition coefficient (Wildman–Crippen LogP) is 3.88. The van der Waals surface area contributed by atoms with Crippen LogP contribution in [0.3, 0.4) is 0 Å². The van der Waals surface area contributed by atoms with Gasteiger partial charge < -0.3 is 10.5 Å². The molecular weight excluding hydrogens is 338 g/mol. The third-order valence-corrected chi connectivity index (χ3v) is 4.26. The van der Waals surface area contributed by atoms with E-state index in [1.54, 1.807) is 0 Å². The lowest BCUT2D eigenvalue weighted by Crippen LogP contribution is -2.32. The Balaban J connectivity index is 3.48. The summed E-state index contributed by atoms with van der Waals surface area (Å²) in [4.78, 5) is 37.3. The largest absolute Gasteiger partial charge is 0.393 e. The zero-order chi connectivity index (χ0) is 19.6. The maximum Gasteiger partial charge on any atom is 0.358 e. The fourth-order valence-corrected chi connectivity index (χ4v) is 2.62. The fourth-order valence-electron chi connectivity index (χ4n) is 2.62. The lowest BCUT2D eigenvalue weighted by Gasteiger charge is -2.07. The molecule has 0 fully saturated rings. The van der Waals surface area contributed by atoms with E-state index in [9.17, 15) is 14.4 Å². The molecule has 0 spiro atoms. The van der Waals surface area contributed by atoms with Crippen LogP contribution < -0.4 is 5.73 Å². The number of ether oxygens (including phenoxy) is 1. The highest BCUT2D eigenvalue weighted by Crippen LogP contribution is 2.12. The van der Waals surface area contributed by atoms with Crippen LogP contribution in [-0.2, 0) is 24.0 Å². The zero-order valence-corrected chi connectivity index (χ0v) is 16.0. The molecule has 26 heavy (non-hydrogen) atoms. The van der Waals surface area contributed by atoms with Gasteiger partial charge in [0.2, 0.25) is 0 Å². The second kappa shape index (κ2) is 17.0. The predicted molar refractivity (Wildman–Crippen MR) is 98.1 cm³/mol. The molecule has 0 radical (unpaired) electrons. The van der Waals surface area contributed by atoms with Crippen LogP contribution in [0.2, 0.25) is 0 Å². The van der Waals surface area contributed by atoms with Gasteiger partial charge in [-0.2, -0.15) is 5.26 Å². The molecule has 1 atom stereocenters. The van der Waals surface area contributed by atoms with E-state index in [2.05, 4.69) is 16.5 Å². The first kappa shape index (κ1) is 24.5. The van der Waals surface area contributed by atoms with Crippen molar-refractivity contribution in [1.29, 1.82) is 0 Å². The molecule has 0 rings (SSSR count). The summed E-state index contributed by atoms with van der Waals surface area (Å²) in [7, 11) is 0. The highest BCUT2D eigenvalue weighted by molar-refractivity contribution is 5.85. The van der Waals surface area contributed by atoms with Gasteiger partial charge >= 0.3 is 17.9 Å². The zero-order valence-electron chi connectivity index (χ0n) is 16.0. The number of hydrogen-bond acceptors (Lipinski definition) is 7. The van der Waals surface area contributed by atoms with Gasteiger partial charge in [-0.3, -0.25) is 14.5 Å². The highest BCUT2D eigenvalue weighted by atomic mass is 17.1. The van der Waals surface area contributed by atoms with Crippen molar-refractivity contribution in [2.75, 3.05) is 0 Å². The summed E-state index contributed by atoms with van der Waals surface area (Å²) in [5.41, 5.74) is 5.36. The maximum atomic E-state index is 11.5. The molecule has 0 aliphatic rings. The summed E-state index contributed by atoms with van der Waals surface area (Å²) in [6.45, 7) is 2.22. The van der Waals surface area contributed by atoms with Gasteiger partial charge in [0.05, 0.1) is 0 Å². The van der Waals surface area contributed by atoms with Crippen LogP contribution in [0.5, 0.6) is 0 Å². The van der Waals surface area contributed by atoms with Crippen LogP contribution in [-0.4, -0.2) is 29.2 Å². The minimum Gasteiger partial charge on any atom is -0.393 e. The molecule has 0 aliphatic carbocycles. The van der Waals surface area contributed by atoms with Crippen LogP contribution in [0.25, 0.3) is 0 Å². The molecule has 0 unspecified atom stereocenters. The maximum absolute atomic E-state index is 11.5. The number of carbonyl (C=O) groups excluding carboxylic acids is 3. The number of esters is 2. The average molecular weight is 373 g/mol. The fraction of sp³-hybridized carbons (Fsp3) is 0.842. The molecule has 7 heteroatoms. The van der Waals surface area contributed by atoms with Crippen molar-refractivity contribution < 1.29 is 29.3 Å². The van der Waals surface area contributed by atoms with Crippen LogP contribution in [0.4, 0.5) is 0 Å². The van der Waals surface area contributed by atoms with Crippen molar-refractivity contribution in [2.24, 2.45) is 5.73 Å². The molecule has 152 valence electrons. The van der Waals surface area contributed by atoms with E-state index in [0.29, 0.717) is 6.42 Å². The van der Waals surface area contributed by atoms with Crippen LogP contribution in [0.15, 0.2) is 0 Å². The number of carbonyl (C=O) groups is 3. The van der Waals surface area contributed by atoms with E-state index in [0.717, 1.165) is 12.8 Å². The molecule has 7 nitrogen and oxygen atoms in total. The molecule has 0 aromatic heterocycles. The van der Waals surface area contributed by atoms with Gasteiger partial charge in [-0.25, -0.2) is 4.79 Å². The highest BCUT2D eigenvalue weighted by Gasteiger charge is 2.18. The van der Waals surface area contributed by atoms with E-state index < -0.39 is 23.9 Å². The first-order valence-electron chi connectivity index (χ1n) is 9.85. The molecule has 0 bridgehead atoms. The molecule has 0 aromatic carbocycles. The summed E-state index contributed by atoms with van der Waals surface area (Å²) in [6, 6.07) is -1.12. The summed E-state index contributed by atoms with van der Waals surface area (Å²) < 4.78 is 4.66. The van der Waals surface area contributed by atoms with Gasteiger partial charge in [0.25, 0.3) is 0 Å². The lowest BCUT2D eigenvalue weighted by atomic mass is 10.1. The normalized spacial score (nSPS) is 11.8. The van der Waals surface area contributed by atoms with Crippen molar-refractivity contribution in [3.63, 3.8) is 0 Å². The smallest absolute Gasteiger partial charge is 0.358 e. The molecule has 0 heterocycles. The van der Waals surface area contributed by atoms with Crippen LogP contribution in [0.1, 0.15) is 96.8 Å². The van der Waals surface area contributed by atoms with E-state index in [1.165, 1.54) is 51.4 Å². The Bertz CT molecular complexity index is 399. The Morgan fingerprint density at radius 2 is 1.27 bits per heavy atom. The van der Waals surface area contributed by atoms with E-state index in [-0.39, 0.29) is 19.3 Å². The Labute approximate surface area is 156 Å². The summed E-state index contributed by atoms with van der Waals surface area (Å²) >= 11 is 0. The van der Waals surface area contributed by atoms with Gasteiger partial charge in [0.1, 0.15) is 6.04 Å². The third kappa shape index (κ3) is 14.8. The van der Waals surface area contributed by atoms with E-state index >= 15 is 0 Å². The Hall–Kier alpha value is -1.47.